The highest BCUT2D eigenvalue weighted by molar-refractivity contribution is 9.09. The van der Waals surface area contributed by atoms with E-state index in [0.717, 1.165) is 37.8 Å². The van der Waals surface area contributed by atoms with Gasteiger partial charge in [0.05, 0.1) is 6.10 Å². The van der Waals surface area contributed by atoms with Crippen molar-refractivity contribution < 1.29 is 5.11 Å². The molecule has 13 heavy (non-hydrogen) atoms. The molecule has 0 amide bonds. The third kappa shape index (κ3) is 3.96. The summed E-state index contributed by atoms with van der Waals surface area (Å²) in [4.78, 5) is 2.44. The van der Waals surface area contributed by atoms with Crippen LogP contribution in [-0.4, -0.2) is 41.1 Å². The third-order valence-electron chi connectivity index (χ3n) is 2.62. The molecule has 1 aliphatic rings. The molecule has 1 unspecified atom stereocenters. The van der Waals surface area contributed by atoms with Crippen LogP contribution in [0.3, 0.4) is 0 Å². The van der Waals surface area contributed by atoms with Crippen LogP contribution >= 0.6 is 15.9 Å². The standard InChI is InChI=1S/C10H20BrNO/c1-10(2)7-9(13)3-5-12(8-10)6-4-11/h9,13H,3-8H2,1-2H3. The van der Waals surface area contributed by atoms with Crippen molar-refractivity contribution in [1.82, 2.24) is 4.90 Å². The van der Waals surface area contributed by atoms with Crippen LogP contribution < -0.4 is 0 Å². The Balaban J connectivity index is 2.52. The lowest BCUT2D eigenvalue weighted by molar-refractivity contribution is 0.121. The smallest absolute Gasteiger partial charge is 0.0558 e. The Morgan fingerprint density at radius 2 is 2.23 bits per heavy atom. The molecule has 1 rings (SSSR count). The SMILES string of the molecule is CC1(C)CC(O)CCN(CCBr)C1. The van der Waals surface area contributed by atoms with Crippen LogP contribution in [0.5, 0.6) is 0 Å². The predicted octanol–water partition coefficient (Wildman–Crippen LogP) is 1.86. The Morgan fingerprint density at radius 3 is 2.85 bits per heavy atom. The Bertz CT molecular complexity index is 161. The summed E-state index contributed by atoms with van der Waals surface area (Å²) in [7, 11) is 0. The van der Waals surface area contributed by atoms with E-state index < -0.39 is 0 Å². The van der Waals surface area contributed by atoms with Crippen molar-refractivity contribution in [2.45, 2.75) is 32.8 Å². The number of halogens is 1. The van der Waals surface area contributed by atoms with Gasteiger partial charge in [0, 0.05) is 25.0 Å². The van der Waals surface area contributed by atoms with Gasteiger partial charge in [-0.05, 0) is 18.3 Å². The fraction of sp³-hybridized carbons (Fsp3) is 1.00. The highest BCUT2D eigenvalue weighted by atomic mass is 79.9. The molecule has 1 heterocycles. The van der Waals surface area contributed by atoms with Gasteiger partial charge in [-0.2, -0.15) is 0 Å². The molecule has 1 N–H and O–H groups in total. The number of alkyl halides is 1. The molecule has 0 aliphatic carbocycles. The maximum absolute atomic E-state index is 9.67. The molecular weight excluding hydrogens is 230 g/mol. The third-order valence-corrected chi connectivity index (χ3v) is 2.97. The zero-order chi connectivity index (χ0) is 9.90. The van der Waals surface area contributed by atoms with E-state index in [2.05, 4.69) is 34.7 Å². The number of hydrogen-bond acceptors (Lipinski definition) is 2. The van der Waals surface area contributed by atoms with Gasteiger partial charge in [-0.15, -0.1) is 0 Å². The fourth-order valence-corrected chi connectivity index (χ4v) is 2.63. The van der Waals surface area contributed by atoms with Crippen molar-refractivity contribution in [3.63, 3.8) is 0 Å². The van der Waals surface area contributed by atoms with Crippen LogP contribution in [0.2, 0.25) is 0 Å². The second-order valence-electron chi connectivity index (χ2n) is 4.78. The van der Waals surface area contributed by atoms with E-state index in [9.17, 15) is 5.11 Å². The first-order chi connectivity index (χ1) is 6.03. The van der Waals surface area contributed by atoms with Crippen LogP contribution in [0.1, 0.15) is 26.7 Å². The molecule has 78 valence electrons. The van der Waals surface area contributed by atoms with Gasteiger partial charge in [0.1, 0.15) is 0 Å². The van der Waals surface area contributed by atoms with Gasteiger partial charge in [-0.25, -0.2) is 0 Å². The zero-order valence-electron chi connectivity index (χ0n) is 8.59. The first-order valence-corrected chi connectivity index (χ1v) is 6.12. The lowest BCUT2D eigenvalue weighted by Crippen LogP contribution is -2.34. The summed E-state index contributed by atoms with van der Waals surface area (Å²) in [6, 6.07) is 0. The normalized spacial score (nSPS) is 30.0. The molecule has 3 heteroatoms. The molecule has 0 aromatic carbocycles. The van der Waals surface area contributed by atoms with E-state index in [-0.39, 0.29) is 11.5 Å². The topological polar surface area (TPSA) is 23.5 Å². The number of hydrogen-bond donors (Lipinski definition) is 1. The largest absolute Gasteiger partial charge is 0.393 e. The van der Waals surface area contributed by atoms with Gasteiger partial charge in [0.2, 0.25) is 0 Å². The van der Waals surface area contributed by atoms with Crippen molar-refractivity contribution >= 4 is 15.9 Å². The molecule has 0 spiro atoms. The van der Waals surface area contributed by atoms with Gasteiger partial charge < -0.3 is 10.0 Å². The van der Waals surface area contributed by atoms with E-state index >= 15 is 0 Å². The van der Waals surface area contributed by atoms with E-state index in [0.29, 0.717) is 0 Å². The van der Waals surface area contributed by atoms with Crippen molar-refractivity contribution in [2.75, 3.05) is 25.0 Å². The Morgan fingerprint density at radius 1 is 1.54 bits per heavy atom. The molecule has 1 atom stereocenters. The van der Waals surface area contributed by atoms with Crippen LogP contribution in [0.25, 0.3) is 0 Å². The average Bonchev–Trinajstić information content (AvgIpc) is 2.09. The molecule has 2 nitrogen and oxygen atoms in total. The monoisotopic (exact) mass is 249 g/mol. The first kappa shape index (κ1) is 11.5. The number of nitrogens with zero attached hydrogens (tertiary/aromatic N) is 1. The number of aliphatic hydroxyl groups excluding tert-OH is 1. The second-order valence-corrected chi connectivity index (χ2v) is 5.57. The van der Waals surface area contributed by atoms with Crippen molar-refractivity contribution in [2.24, 2.45) is 5.41 Å². The molecule has 1 fully saturated rings. The van der Waals surface area contributed by atoms with Gasteiger partial charge in [-0.1, -0.05) is 29.8 Å². The fourth-order valence-electron chi connectivity index (χ4n) is 2.13. The van der Waals surface area contributed by atoms with Crippen LogP contribution in [0.4, 0.5) is 0 Å². The van der Waals surface area contributed by atoms with Crippen LogP contribution in [0, 0.1) is 5.41 Å². The van der Waals surface area contributed by atoms with Gasteiger partial charge in [-0.3, -0.25) is 0 Å². The summed E-state index contributed by atoms with van der Waals surface area (Å²) >= 11 is 3.46. The molecule has 1 aliphatic heterocycles. The van der Waals surface area contributed by atoms with Crippen LogP contribution in [0.15, 0.2) is 0 Å². The van der Waals surface area contributed by atoms with Crippen molar-refractivity contribution in [3.05, 3.63) is 0 Å². The van der Waals surface area contributed by atoms with Gasteiger partial charge in [0.25, 0.3) is 0 Å². The maximum Gasteiger partial charge on any atom is 0.0558 e. The summed E-state index contributed by atoms with van der Waals surface area (Å²) in [5, 5.41) is 10.7. The second kappa shape index (κ2) is 4.76. The highest BCUT2D eigenvalue weighted by Crippen LogP contribution is 2.28. The summed E-state index contributed by atoms with van der Waals surface area (Å²) in [6.07, 6.45) is 1.76. The van der Waals surface area contributed by atoms with Crippen molar-refractivity contribution in [1.29, 1.82) is 0 Å². The molecule has 1 saturated heterocycles. The quantitative estimate of drug-likeness (QED) is 0.756. The number of aliphatic hydroxyl groups is 1. The van der Waals surface area contributed by atoms with Crippen LogP contribution in [-0.2, 0) is 0 Å². The van der Waals surface area contributed by atoms with E-state index in [1.54, 1.807) is 0 Å². The van der Waals surface area contributed by atoms with Crippen molar-refractivity contribution in [3.8, 4) is 0 Å². The minimum Gasteiger partial charge on any atom is -0.393 e. The molecule has 0 radical (unpaired) electrons. The molecular formula is C10H20BrNO. The summed E-state index contributed by atoms with van der Waals surface area (Å²) < 4.78 is 0. The summed E-state index contributed by atoms with van der Waals surface area (Å²) in [6.45, 7) is 7.72. The molecule has 0 aromatic heterocycles. The summed E-state index contributed by atoms with van der Waals surface area (Å²) in [5.41, 5.74) is 0.262. The lowest BCUT2D eigenvalue weighted by atomic mass is 9.87. The minimum atomic E-state index is -0.102. The minimum absolute atomic E-state index is 0.102. The maximum atomic E-state index is 9.67. The Kier molecular flexibility index (Phi) is 4.20. The van der Waals surface area contributed by atoms with E-state index in [1.807, 2.05) is 0 Å². The number of rotatable bonds is 2. The highest BCUT2D eigenvalue weighted by Gasteiger charge is 2.28. The van der Waals surface area contributed by atoms with E-state index in [1.165, 1.54) is 0 Å². The Hall–Kier alpha value is 0.400. The lowest BCUT2D eigenvalue weighted by Gasteiger charge is -2.29. The van der Waals surface area contributed by atoms with E-state index in [4.69, 9.17) is 0 Å². The zero-order valence-corrected chi connectivity index (χ0v) is 10.2. The molecule has 0 saturated carbocycles. The summed E-state index contributed by atoms with van der Waals surface area (Å²) in [5.74, 6) is 0. The number of likely N-dealkylation sites (tertiary alicyclic amines) is 1. The van der Waals surface area contributed by atoms with Gasteiger partial charge >= 0.3 is 0 Å². The van der Waals surface area contributed by atoms with Gasteiger partial charge in [0.15, 0.2) is 0 Å². The predicted molar refractivity (Wildman–Crippen MR) is 59.3 cm³/mol. The first-order valence-electron chi connectivity index (χ1n) is 5.00. The Labute approximate surface area is 89.4 Å². The molecule has 0 bridgehead atoms. The molecule has 0 aromatic rings. The average molecular weight is 250 g/mol.